The Kier molecular flexibility index (Phi) is 2.66. The van der Waals surface area contributed by atoms with Crippen molar-refractivity contribution in [1.82, 2.24) is 0 Å². The zero-order chi connectivity index (χ0) is 8.97. The van der Waals surface area contributed by atoms with Crippen molar-refractivity contribution in [3.8, 4) is 11.5 Å². The Hall–Kier alpha value is -1.55. The van der Waals surface area contributed by atoms with E-state index < -0.39 is 12.6 Å². The normalized spacial score (nSPS) is 9.42. The number of benzene rings is 1. The Bertz CT molecular complexity index is 282. The van der Waals surface area contributed by atoms with Crippen LogP contribution in [0.4, 0.5) is 0 Å². The molecule has 0 unspecified atom stereocenters. The highest BCUT2D eigenvalue weighted by Gasteiger charge is 2.05. The van der Waals surface area contributed by atoms with Crippen LogP contribution in [-0.2, 0) is 4.79 Å². The summed E-state index contributed by atoms with van der Waals surface area (Å²) in [6, 6.07) is 6.04. The number of aliphatic hydroxyl groups is 1. The van der Waals surface area contributed by atoms with Gasteiger partial charge in [-0.25, -0.2) is 4.79 Å². The van der Waals surface area contributed by atoms with Crippen molar-refractivity contribution in [2.75, 3.05) is 6.61 Å². The van der Waals surface area contributed by atoms with Crippen molar-refractivity contribution in [3.63, 3.8) is 0 Å². The number of ether oxygens (including phenoxy) is 1. The quantitative estimate of drug-likeness (QED) is 0.492. The van der Waals surface area contributed by atoms with Gasteiger partial charge in [0, 0.05) is 0 Å². The molecule has 1 aromatic rings. The van der Waals surface area contributed by atoms with E-state index in [9.17, 15) is 4.79 Å². The van der Waals surface area contributed by atoms with Gasteiger partial charge in [-0.05, 0) is 12.1 Å². The molecular weight excluding hydrogens is 160 g/mol. The third kappa shape index (κ3) is 1.96. The van der Waals surface area contributed by atoms with Crippen LogP contribution in [-0.4, -0.2) is 22.8 Å². The van der Waals surface area contributed by atoms with Gasteiger partial charge >= 0.3 is 5.97 Å². The molecule has 0 bridgehead atoms. The average molecular weight is 168 g/mol. The Morgan fingerprint density at radius 2 is 2.08 bits per heavy atom. The standard InChI is InChI=1S/C8H8O4/c9-5-8(11)12-7-4-2-1-3-6(7)10/h1-4,9-10H,5H2. The van der Waals surface area contributed by atoms with Gasteiger partial charge in [0.25, 0.3) is 0 Å². The smallest absolute Gasteiger partial charge is 0.337 e. The van der Waals surface area contributed by atoms with Crippen LogP contribution in [0, 0.1) is 0 Å². The van der Waals surface area contributed by atoms with Gasteiger partial charge in [-0.2, -0.15) is 0 Å². The molecule has 0 aliphatic rings. The van der Waals surface area contributed by atoms with Crippen molar-refractivity contribution < 1.29 is 19.7 Å². The third-order valence-electron chi connectivity index (χ3n) is 1.22. The molecule has 0 radical (unpaired) electrons. The average Bonchev–Trinajstić information content (AvgIpc) is 2.09. The summed E-state index contributed by atoms with van der Waals surface area (Å²) >= 11 is 0. The van der Waals surface area contributed by atoms with Crippen molar-refractivity contribution in [2.24, 2.45) is 0 Å². The van der Waals surface area contributed by atoms with Crippen molar-refractivity contribution in [2.45, 2.75) is 0 Å². The minimum atomic E-state index is -0.795. The maximum Gasteiger partial charge on any atom is 0.337 e. The van der Waals surface area contributed by atoms with Gasteiger partial charge in [0.2, 0.25) is 0 Å². The minimum absolute atomic E-state index is 0.0524. The van der Waals surface area contributed by atoms with E-state index in [1.54, 1.807) is 12.1 Å². The van der Waals surface area contributed by atoms with Crippen LogP contribution in [0.3, 0.4) is 0 Å². The number of aliphatic hydroxyl groups excluding tert-OH is 1. The molecule has 0 amide bonds. The molecule has 0 saturated heterocycles. The monoisotopic (exact) mass is 168 g/mol. The summed E-state index contributed by atoms with van der Waals surface area (Å²) in [5, 5.41) is 17.4. The molecule has 2 N–H and O–H groups in total. The summed E-state index contributed by atoms with van der Waals surface area (Å²) in [6.45, 7) is -0.700. The first-order valence-electron chi connectivity index (χ1n) is 3.33. The SMILES string of the molecule is O=C(CO)Oc1ccccc1O. The number of phenols is 1. The second-order valence-corrected chi connectivity index (χ2v) is 2.10. The fourth-order valence-corrected chi connectivity index (χ4v) is 0.698. The van der Waals surface area contributed by atoms with Crippen LogP contribution in [0.15, 0.2) is 24.3 Å². The lowest BCUT2D eigenvalue weighted by Gasteiger charge is -2.02. The van der Waals surface area contributed by atoms with Crippen LogP contribution in [0.5, 0.6) is 11.5 Å². The minimum Gasteiger partial charge on any atom is -0.504 e. The zero-order valence-electron chi connectivity index (χ0n) is 6.23. The highest BCUT2D eigenvalue weighted by Crippen LogP contribution is 2.24. The fraction of sp³-hybridized carbons (Fsp3) is 0.125. The van der Waals surface area contributed by atoms with Crippen molar-refractivity contribution >= 4 is 5.97 Å². The zero-order valence-corrected chi connectivity index (χ0v) is 6.23. The second kappa shape index (κ2) is 3.73. The molecule has 0 atom stereocenters. The Morgan fingerprint density at radius 3 is 2.67 bits per heavy atom. The molecule has 0 spiro atoms. The topological polar surface area (TPSA) is 66.8 Å². The van der Waals surface area contributed by atoms with E-state index in [4.69, 9.17) is 10.2 Å². The van der Waals surface area contributed by atoms with Gasteiger partial charge in [0.1, 0.15) is 6.61 Å². The van der Waals surface area contributed by atoms with Crippen LogP contribution in [0.1, 0.15) is 0 Å². The van der Waals surface area contributed by atoms with Crippen molar-refractivity contribution in [3.05, 3.63) is 24.3 Å². The lowest BCUT2D eigenvalue weighted by atomic mass is 10.3. The summed E-state index contributed by atoms with van der Waals surface area (Å²) in [5.74, 6) is -0.868. The number of aromatic hydroxyl groups is 1. The number of hydrogen-bond donors (Lipinski definition) is 2. The van der Waals surface area contributed by atoms with Gasteiger partial charge < -0.3 is 14.9 Å². The molecule has 0 aliphatic heterocycles. The first-order valence-corrected chi connectivity index (χ1v) is 3.33. The summed E-state index contributed by atoms with van der Waals surface area (Å²) in [6.07, 6.45) is 0. The number of carbonyl (C=O) groups is 1. The number of para-hydroxylation sites is 2. The van der Waals surface area contributed by atoms with E-state index in [0.717, 1.165) is 0 Å². The van der Waals surface area contributed by atoms with E-state index in [1.165, 1.54) is 12.1 Å². The van der Waals surface area contributed by atoms with Gasteiger partial charge in [-0.15, -0.1) is 0 Å². The first kappa shape index (κ1) is 8.55. The van der Waals surface area contributed by atoms with Crippen LogP contribution in [0.25, 0.3) is 0 Å². The van der Waals surface area contributed by atoms with Gasteiger partial charge in [-0.1, -0.05) is 12.1 Å². The van der Waals surface area contributed by atoms with E-state index in [-0.39, 0.29) is 11.5 Å². The van der Waals surface area contributed by atoms with Crippen molar-refractivity contribution in [1.29, 1.82) is 0 Å². The lowest BCUT2D eigenvalue weighted by molar-refractivity contribution is -0.137. The van der Waals surface area contributed by atoms with Gasteiger partial charge in [0.15, 0.2) is 11.5 Å². The maximum absolute atomic E-state index is 10.6. The molecule has 0 aliphatic carbocycles. The molecule has 0 aromatic heterocycles. The van der Waals surface area contributed by atoms with Crippen LogP contribution in [0.2, 0.25) is 0 Å². The molecular formula is C8H8O4. The van der Waals surface area contributed by atoms with E-state index in [2.05, 4.69) is 4.74 Å². The Morgan fingerprint density at radius 1 is 1.42 bits per heavy atom. The Labute approximate surface area is 69.0 Å². The van der Waals surface area contributed by atoms with Gasteiger partial charge in [0.05, 0.1) is 0 Å². The molecule has 4 nitrogen and oxygen atoms in total. The molecule has 0 heterocycles. The molecule has 12 heavy (non-hydrogen) atoms. The van der Waals surface area contributed by atoms with Crippen LogP contribution < -0.4 is 4.74 Å². The number of carbonyl (C=O) groups excluding carboxylic acids is 1. The molecule has 1 aromatic carbocycles. The Balaban J connectivity index is 2.75. The second-order valence-electron chi connectivity index (χ2n) is 2.10. The summed E-state index contributed by atoms with van der Waals surface area (Å²) < 4.78 is 4.56. The van der Waals surface area contributed by atoms with E-state index >= 15 is 0 Å². The number of rotatable bonds is 2. The van der Waals surface area contributed by atoms with Crippen LogP contribution >= 0.6 is 0 Å². The molecule has 64 valence electrons. The summed E-state index contributed by atoms with van der Waals surface area (Å²) in [7, 11) is 0. The van der Waals surface area contributed by atoms with Gasteiger partial charge in [-0.3, -0.25) is 0 Å². The number of esters is 1. The lowest BCUT2D eigenvalue weighted by Crippen LogP contribution is -2.12. The molecule has 0 saturated carbocycles. The first-order chi connectivity index (χ1) is 5.74. The maximum atomic E-state index is 10.6. The molecule has 1 rings (SSSR count). The highest BCUT2D eigenvalue weighted by molar-refractivity contribution is 5.74. The largest absolute Gasteiger partial charge is 0.504 e. The third-order valence-corrected chi connectivity index (χ3v) is 1.22. The predicted octanol–water partition coefficient (Wildman–Crippen LogP) is 0.290. The summed E-state index contributed by atoms with van der Waals surface area (Å²) in [5.41, 5.74) is 0. The fourth-order valence-electron chi connectivity index (χ4n) is 0.698. The highest BCUT2D eigenvalue weighted by atomic mass is 16.6. The molecule has 4 heteroatoms. The summed E-state index contributed by atoms with van der Waals surface area (Å²) in [4.78, 5) is 10.6. The number of phenolic OH excluding ortho intramolecular Hbond substituents is 1. The predicted molar refractivity (Wildman–Crippen MR) is 40.8 cm³/mol. The molecule has 0 fully saturated rings. The van der Waals surface area contributed by atoms with E-state index in [1.807, 2.05) is 0 Å². The number of hydrogen-bond acceptors (Lipinski definition) is 4. The van der Waals surface area contributed by atoms with E-state index in [0.29, 0.717) is 0 Å².